The molecule has 0 unspecified atom stereocenters. The van der Waals surface area contributed by atoms with E-state index in [1.807, 2.05) is 0 Å². The maximum absolute atomic E-state index is 12.5. The molecule has 3 N–H and O–H groups in total. The van der Waals surface area contributed by atoms with Gasteiger partial charge in [0.05, 0.1) is 18.5 Å². The third kappa shape index (κ3) is 7.66. The van der Waals surface area contributed by atoms with Crippen LogP contribution in [0.1, 0.15) is 42.6 Å². The minimum Gasteiger partial charge on any atom is -0.495 e. The largest absolute Gasteiger partial charge is 0.495 e. The number of carbonyl (C=O) groups is 3. The molecule has 2 aliphatic rings. The van der Waals surface area contributed by atoms with Crippen molar-refractivity contribution in [2.75, 3.05) is 38.3 Å². The number of ether oxygens (including phenoxy) is 2. The van der Waals surface area contributed by atoms with E-state index in [4.69, 9.17) is 9.47 Å². The minimum absolute atomic E-state index is 0.114. The molecule has 2 aliphatic heterocycles. The van der Waals surface area contributed by atoms with Crippen LogP contribution < -0.4 is 20.9 Å². The zero-order valence-electron chi connectivity index (χ0n) is 20.1. The molecule has 0 bridgehead atoms. The number of amides is 3. The number of piperidine rings is 1. The minimum atomic E-state index is -0.627. The van der Waals surface area contributed by atoms with Gasteiger partial charge in [0.2, 0.25) is 5.91 Å². The summed E-state index contributed by atoms with van der Waals surface area (Å²) in [6.45, 7) is 13.8. The third-order valence-electron chi connectivity index (χ3n) is 6.06. The van der Waals surface area contributed by atoms with Gasteiger partial charge in [-0.25, -0.2) is 4.98 Å². The van der Waals surface area contributed by atoms with Crippen LogP contribution in [0.5, 0.6) is 0 Å². The standard InChI is InChI=1S/C24H33N5O5S/c1-15(17(3)33-4)25-22(31)16(2)26-23(32)20-14-35-24(28-20)29-9-5-19(6-10-29)27-21(30)13-18-7-11-34-12-8-18/h14,18-19H,1-3,5-13H2,4H3,(H,25,31)(H,26,32)(H,27,30). The van der Waals surface area contributed by atoms with E-state index in [1.165, 1.54) is 18.4 Å². The van der Waals surface area contributed by atoms with Crippen LogP contribution in [-0.2, 0) is 19.1 Å². The smallest absolute Gasteiger partial charge is 0.275 e. The zero-order valence-corrected chi connectivity index (χ0v) is 20.9. The SMILES string of the molecule is C=C(NC(=O)C(=C)NC(=O)c1csc(N2CCC(NC(=O)CC3CCOCC3)CC2)n1)C(=C)OC. The number of hydrogen-bond donors (Lipinski definition) is 3. The van der Waals surface area contributed by atoms with E-state index < -0.39 is 11.8 Å². The summed E-state index contributed by atoms with van der Waals surface area (Å²) < 4.78 is 10.3. The highest BCUT2D eigenvalue weighted by Gasteiger charge is 2.25. The van der Waals surface area contributed by atoms with Crippen LogP contribution in [-0.4, -0.2) is 62.2 Å². The van der Waals surface area contributed by atoms with E-state index in [2.05, 4.69) is 45.6 Å². The lowest BCUT2D eigenvalue weighted by atomic mass is 9.95. The van der Waals surface area contributed by atoms with Gasteiger partial charge >= 0.3 is 0 Å². The van der Waals surface area contributed by atoms with Crippen molar-refractivity contribution in [3.63, 3.8) is 0 Å². The third-order valence-corrected chi connectivity index (χ3v) is 6.96. The monoisotopic (exact) mass is 503 g/mol. The first-order chi connectivity index (χ1) is 16.8. The number of methoxy groups -OCH3 is 1. The summed E-state index contributed by atoms with van der Waals surface area (Å²) >= 11 is 1.36. The summed E-state index contributed by atoms with van der Waals surface area (Å²) in [6, 6.07) is 0.145. The highest BCUT2D eigenvalue weighted by molar-refractivity contribution is 7.13. The molecule has 3 heterocycles. The molecule has 3 rings (SSSR count). The van der Waals surface area contributed by atoms with E-state index in [0.29, 0.717) is 12.3 Å². The number of hydrogen-bond acceptors (Lipinski definition) is 8. The molecule has 2 fully saturated rings. The normalized spacial score (nSPS) is 16.8. The second-order valence-electron chi connectivity index (χ2n) is 8.60. The van der Waals surface area contributed by atoms with Crippen molar-refractivity contribution < 1.29 is 23.9 Å². The molecule has 0 atom stereocenters. The Morgan fingerprint density at radius 2 is 1.80 bits per heavy atom. The highest BCUT2D eigenvalue weighted by atomic mass is 32.1. The summed E-state index contributed by atoms with van der Waals surface area (Å²) in [5.41, 5.74) is 0.227. The Morgan fingerprint density at radius 3 is 2.46 bits per heavy atom. The van der Waals surface area contributed by atoms with Gasteiger partial charge in [0, 0.05) is 44.1 Å². The molecule has 190 valence electrons. The molecule has 0 aliphatic carbocycles. The fourth-order valence-electron chi connectivity index (χ4n) is 3.89. The Balaban J connectivity index is 1.43. The van der Waals surface area contributed by atoms with E-state index in [-0.39, 0.29) is 34.8 Å². The van der Waals surface area contributed by atoms with Crippen molar-refractivity contribution in [1.29, 1.82) is 0 Å². The lowest BCUT2D eigenvalue weighted by Crippen LogP contribution is -2.45. The fraction of sp³-hybridized carbons (Fsp3) is 0.500. The molecule has 11 heteroatoms. The summed E-state index contributed by atoms with van der Waals surface area (Å²) in [5.74, 6) is -0.432. The summed E-state index contributed by atoms with van der Waals surface area (Å²) in [7, 11) is 1.41. The molecular formula is C24H33N5O5S. The molecule has 0 saturated carbocycles. The topological polar surface area (TPSA) is 122 Å². The van der Waals surface area contributed by atoms with Crippen LogP contribution in [0, 0.1) is 5.92 Å². The summed E-state index contributed by atoms with van der Waals surface area (Å²) in [4.78, 5) is 43.6. The number of rotatable bonds is 10. The second kappa shape index (κ2) is 12.5. The molecule has 0 aromatic carbocycles. The number of nitrogens with zero attached hydrogens (tertiary/aromatic N) is 2. The number of thiazole rings is 1. The number of nitrogens with one attached hydrogen (secondary N) is 3. The number of anilines is 1. The van der Waals surface area contributed by atoms with E-state index >= 15 is 0 Å². The molecular weight excluding hydrogens is 470 g/mol. The van der Waals surface area contributed by atoms with E-state index in [0.717, 1.165) is 57.1 Å². The average molecular weight is 504 g/mol. The molecule has 2 saturated heterocycles. The van der Waals surface area contributed by atoms with Gasteiger partial charge < -0.3 is 30.3 Å². The highest BCUT2D eigenvalue weighted by Crippen LogP contribution is 2.25. The van der Waals surface area contributed by atoms with Crippen LogP contribution in [0.15, 0.2) is 42.3 Å². The van der Waals surface area contributed by atoms with Crippen LogP contribution in [0.4, 0.5) is 5.13 Å². The van der Waals surface area contributed by atoms with Crippen LogP contribution >= 0.6 is 11.3 Å². The van der Waals surface area contributed by atoms with Crippen LogP contribution in [0.3, 0.4) is 0 Å². The Kier molecular flexibility index (Phi) is 9.44. The summed E-state index contributed by atoms with van der Waals surface area (Å²) in [5, 5.41) is 10.4. The average Bonchev–Trinajstić information content (AvgIpc) is 3.35. The van der Waals surface area contributed by atoms with Gasteiger partial charge in [0.25, 0.3) is 11.8 Å². The maximum atomic E-state index is 12.5. The lowest BCUT2D eigenvalue weighted by molar-refractivity contribution is -0.123. The Hall–Kier alpha value is -3.18. The zero-order chi connectivity index (χ0) is 25.4. The lowest BCUT2D eigenvalue weighted by Gasteiger charge is -2.32. The molecule has 3 amide bonds. The molecule has 35 heavy (non-hydrogen) atoms. The van der Waals surface area contributed by atoms with Gasteiger partial charge in [0.15, 0.2) is 5.13 Å². The molecule has 1 aromatic rings. The summed E-state index contributed by atoms with van der Waals surface area (Å²) in [6.07, 6.45) is 4.08. The first-order valence-electron chi connectivity index (χ1n) is 11.6. The molecule has 0 spiro atoms. The number of aromatic nitrogens is 1. The fourth-order valence-corrected chi connectivity index (χ4v) is 4.75. The van der Waals surface area contributed by atoms with Gasteiger partial charge in [-0.3, -0.25) is 14.4 Å². The second-order valence-corrected chi connectivity index (χ2v) is 9.43. The van der Waals surface area contributed by atoms with E-state index in [1.54, 1.807) is 5.38 Å². The molecule has 10 nitrogen and oxygen atoms in total. The van der Waals surface area contributed by atoms with Crippen LogP contribution in [0.2, 0.25) is 0 Å². The predicted octanol–water partition coefficient (Wildman–Crippen LogP) is 2.08. The Labute approximate surface area is 209 Å². The Bertz CT molecular complexity index is 977. The first-order valence-corrected chi connectivity index (χ1v) is 12.5. The number of carbonyl (C=O) groups excluding carboxylic acids is 3. The quantitative estimate of drug-likeness (QED) is 0.254. The molecule has 1 aromatic heterocycles. The van der Waals surface area contributed by atoms with Crippen molar-refractivity contribution in [2.24, 2.45) is 5.92 Å². The van der Waals surface area contributed by atoms with Gasteiger partial charge in [-0.1, -0.05) is 19.7 Å². The van der Waals surface area contributed by atoms with E-state index in [9.17, 15) is 14.4 Å². The van der Waals surface area contributed by atoms with Gasteiger partial charge in [-0.15, -0.1) is 11.3 Å². The van der Waals surface area contributed by atoms with Gasteiger partial charge in [0.1, 0.15) is 11.5 Å². The van der Waals surface area contributed by atoms with Crippen molar-refractivity contribution in [1.82, 2.24) is 20.9 Å². The van der Waals surface area contributed by atoms with Crippen molar-refractivity contribution in [3.8, 4) is 0 Å². The van der Waals surface area contributed by atoms with Gasteiger partial charge in [-0.2, -0.15) is 0 Å². The van der Waals surface area contributed by atoms with Crippen LogP contribution in [0.25, 0.3) is 0 Å². The van der Waals surface area contributed by atoms with Crippen molar-refractivity contribution in [2.45, 2.75) is 38.1 Å². The Morgan fingerprint density at radius 1 is 1.11 bits per heavy atom. The molecule has 0 radical (unpaired) electrons. The van der Waals surface area contributed by atoms with Crippen molar-refractivity contribution in [3.05, 3.63) is 48.0 Å². The predicted molar refractivity (Wildman–Crippen MR) is 134 cm³/mol. The maximum Gasteiger partial charge on any atom is 0.275 e. The van der Waals surface area contributed by atoms with Gasteiger partial charge in [-0.05, 0) is 31.6 Å². The van der Waals surface area contributed by atoms with Crippen molar-refractivity contribution >= 4 is 34.2 Å². The first kappa shape index (κ1) is 26.4.